The van der Waals surface area contributed by atoms with Crippen molar-refractivity contribution in [3.05, 3.63) is 41.5 Å². The summed E-state index contributed by atoms with van der Waals surface area (Å²) in [6, 6.07) is 8.47. The molecule has 0 unspecified atom stereocenters. The molecule has 1 amide bonds. The van der Waals surface area contributed by atoms with E-state index in [2.05, 4.69) is 36.5 Å². The zero-order valence-electron chi connectivity index (χ0n) is 14.7. The van der Waals surface area contributed by atoms with Crippen molar-refractivity contribution in [3.8, 4) is 0 Å². The van der Waals surface area contributed by atoms with Gasteiger partial charge in [-0.1, -0.05) is 37.6 Å². The lowest BCUT2D eigenvalue weighted by molar-refractivity contribution is -0.0119. The average molecular weight is 323 g/mol. The summed E-state index contributed by atoms with van der Waals surface area (Å²) in [5, 5.41) is 3.39. The molecule has 0 heterocycles. The summed E-state index contributed by atoms with van der Waals surface area (Å²) in [5.74, 6) is 3.50. The van der Waals surface area contributed by atoms with Crippen LogP contribution in [0.4, 0.5) is 0 Å². The van der Waals surface area contributed by atoms with Gasteiger partial charge in [0.2, 0.25) is 0 Å². The van der Waals surface area contributed by atoms with Crippen molar-refractivity contribution in [3.63, 3.8) is 0 Å². The van der Waals surface area contributed by atoms with Crippen LogP contribution in [0.25, 0.3) is 6.08 Å². The Morgan fingerprint density at radius 3 is 2.25 bits per heavy atom. The molecule has 1 aromatic carbocycles. The van der Waals surface area contributed by atoms with Crippen molar-refractivity contribution in [2.24, 2.45) is 23.7 Å². The van der Waals surface area contributed by atoms with Crippen molar-refractivity contribution < 1.29 is 4.79 Å². The summed E-state index contributed by atoms with van der Waals surface area (Å²) < 4.78 is 0. The van der Waals surface area contributed by atoms with Crippen LogP contribution in [-0.4, -0.2) is 11.9 Å². The minimum absolute atomic E-state index is 0.122. The van der Waals surface area contributed by atoms with Crippen LogP contribution in [0.1, 0.15) is 67.8 Å². The molecule has 24 heavy (non-hydrogen) atoms. The molecule has 4 fully saturated rings. The van der Waals surface area contributed by atoms with Crippen molar-refractivity contribution in [1.29, 1.82) is 0 Å². The molecule has 4 aliphatic rings. The second kappa shape index (κ2) is 6.74. The van der Waals surface area contributed by atoms with E-state index in [4.69, 9.17) is 0 Å². The molecule has 2 heteroatoms. The van der Waals surface area contributed by atoms with E-state index in [-0.39, 0.29) is 5.91 Å². The Kier molecular flexibility index (Phi) is 4.47. The Labute approximate surface area is 145 Å². The van der Waals surface area contributed by atoms with E-state index in [1.54, 1.807) is 0 Å². The summed E-state index contributed by atoms with van der Waals surface area (Å²) in [5.41, 5.74) is 1.98. The van der Waals surface area contributed by atoms with Crippen LogP contribution < -0.4 is 5.32 Å². The van der Waals surface area contributed by atoms with E-state index in [0.717, 1.165) is 35.7 Å². The third kappa shape index (κ3) is 3.16. The highest BCUT2D eigenvalue weighted by Crippen LogP contribution is 2.53. The maximum absolute atomic E-state index is 12.7. The SMILES string of the molecule is CCCC=Cc1ccc(C(=O)NC2C3CC4CC(C3)CC2C4)cc1. The Balaban J connectivity index is 1.39. The van der Waals surface area contributed by atoms with Crippen LogP contribution in [0.15, 0.2) is 30.3 Å². The number of unbranched alkanes of at least 4 members (excludes halogenated alkanes) is 1. The molecule has 0 spiro atoms. The second-order valence-corrected chi connectivity index (χ2v) is 8.24. The highest BCUT2D eigenvalue weighted by molar-refractivity contribution is 5.94. The highest BCUT2D eigenvalue weighted by Gasteiger charge is 2.48. The van der Waals surface area contributed by atoms with Crippen LogP contribution in [0, 0.1) is 23.7 Å². The van der Waals surface area contributed by atoms with E-state index >= 15 is 0 Å². The standard InChI is InChI=1S/C22H29NO/c1-2-3-4-5-15-6-8-18(9-7-15)22(24)23-21-19-11-16-10-17(13-19)14-20(21)12-16/h4-9,16-17,19-21H,2-3,10-14H2,1H3,(H,23,24). The van der Waals surface area contributed by atoms with E-state index in [1.165, 1.54) is 44.1 Å². The van der Waals surface area contributed by atoms with Gasteiger partial charge in [0.15, 0.2) is 0 Å². The van der Waals surface area contributed by atoms with E-state index in [9.17, 15) is 4.79 Å². The quantitative estimate of drug-likeness (QED) is 0.806. The van der Waals surface area contributed by atoms with Crippen LogP contribution in [0.3, 0.4) is 0 Å². The molecule has 1 N–H and O–H groups in total. The van der Waals surface area contributed by atoms with Gasteiger partial charge in [0, 0.05) is 11.6 Å². The lowest BCUT2D eigenvalue weighted by atomic mass is 9.54. The minimum atomic E-state index is 0.122. The topological polar surface area (TPSA) is 29.1 Å². The molecule has 0 saturated heterocycles. The maximum atomic E-state index is 12.7. The lowest BCUT2D eigenvalue weighted by Crippen LogP contribution is -2.55. The third-order valence-electron chi connectivity index (χ3n) is 6.46. The molecule has 0 aromatic heterocycles. The number of amides is 1. The number of rotatable bonds is 5. The Hall–Kier alpha value is -1.57. The first-order chi connectivity index (χ1) is 11.7. The maximum Gasteiger partial charge on any atom is 0.251 e. The number of allylic oxidation sites excluding steroid dienone is 1. The Morgan fingerprint density at radius 1 is 1.04 bits per heavy atom. The van der Waals surface area contributed by atoms with E-state index in [1.807, 2.05) is 12.1 Å². The molecular formula is C22H29NO. The first-order valence-electron chi connectivity index (χ1n) is 9.80. The predicted octanol–water partition coefficient (Wildman–Crippen LogP) is 5.05. The smallest absolute Gasteiger partial charge is 0.251 e. The molecule has 128 valence electrons. The van der Waals surface area contributed by atoms with Gasteiger partial charge in [-0.05, 0) is 79.9 Å². The number of benzene rings is 1. The number of nitrogens with one attached hydrogen (secondary N) is 1. The fourth-order valence-corrected chi connectivity index (χ4v) is 5.53. The van der Waals surface area contributed by atoms with Gasteiger partial charge in [-0.25, -0.2) is 0 Å². The lowest BCUT2D eigenvalue weighted by Gasteiger charge is -2.54. The highest BCUT2D eigenvalue weighted by atomic mass is 16.1. The molecule has 4 bridgehead atoms. The Bertz CT molecular complexity index is 587. The average Bonchev–Trinajstić information content (AvgIpc) is 2.58. The van der Waals surface area contributed by atoms with Gasteiger partial charge in [0.05, 0.1) is 0 Å². The summed E-state index contributed by atoms with van der Waals surface area (Å²) in [4.78, 5) is 12.7. The zero-order chi connectivity index (χ0) is 16.5. The van der Waals surface area contributed by atoms with Crippen LogP contribution in [-0.2, 0) is 0 Å². The fourth-order valence-electron chi connectivity index (χ4n) is 5.53. The zero-order valence-corrected chi connectivity index (χ0v) is 14.7. The molecular weight excluding hydrogens is 294 g/mol. The summed E-state index contributed by atoms with van der Waals surface area (Å²) in [7, 11) is 0. The summed E-state index contributed by atoms with van der Waals surface area (Å²) >= 11 is 0. The second-order valence-electron chi connectivity index (χ2n) is 8.24. The molecule has 4 aliphatic carbocycles. The van der Waals surface area contributed by atoms with E-state index in [0.29, 0.717) is 6.04 Å². The number of hydrogen-bond acceptors (Lipinski definition) is 1. The molecule has 4 saturated carbocycles. The van der Waals surface area contributed by atoms with Crippen LogP contribution in [0.2, 0.25) is 0 Å². The van der Waals surface area contributed by atoms with Gasteiger partial charge in [-0.15, -0.1) is 0 Å². The van der Waals surface area contributed by atoms with Gasteiger partial charge in [0.1, 0.15) is 0 Å². The van der Waals surface area contributed by atoms with Crippen molar-refractivity contribution in [1.82, 2.24) is 5.32 Å². The first kappa shape index (κ1) is 15.9. The molecule has 1 aromatic rings. The molecule has 0 atom stereocenters. The summed E-state index contributed by atoms with van der Waals surface area (Å²) in [6.45, 7) is 2.18. The first-order valence-corrected chi connectivity index (χ1v) is 9.80. The fraction of sp³-hybridized carbons (Fsp3) is 0.591. The monoisotopic (exact) mass is 323 g/mol. The van der Waals surface area contributed by atoms with Crippen LogP contribution >= 0.6 is 0 Å². The van der Waals surface area contributed by atoms with Gasteiger partial charge < -0.3 is 5.32 Å². The summed E-state index contributed by atoms with van der Waals surface area (Å²) in [6.07, 6.45) is 13.5. The predicted molar refractivity (Wildman–Crippen MR) is 98.7 cm³/mol. The largest absolute Gasteiger partial charge is 0.349 e. The van der Waals surface area contributed by atoms with Crippen molar-refractivity contribution >= 4 is 12.0 Å². The van der Waals surface area contributed by atoms with Crippen molar-refractivity contribution in [2.75, 3.05) is 0 Å². The van der Waals surface area contributed by atoms with Gasteiger partial charge in [-0.3, -0.25) is 4.79 Å². The van der Waals surface area contributed by atoms with Gasteiger partial charge in [-0.2, -0.15) is 0 Å². The number of carbonyl (C=O) groups is 1. The molecule has 0 radical (unpaired) electrons. The third-order valence-corrected chi connectivity index (χ3v) is 6.46. The number of carbonyl (C=O) groups excluding carboxylic acids is 1. The minimum Gasteiger partial charge on any atom is -0.349 e. The van der Waals surface area contributed by atoms with Crippen molar-refractivity contribution in [2.45, 2.75) is 57.9 Å². The van der Waals surface area contributed by atoms with Crippen LogP contribution in [0.5, 0.6) is 0 Å². The van der Waals surface area contributed by atoms with Gasteiger partial charge in [0.25, 0.3) is 5.91 Å². The van der Waals surface area contributed by atoms with Gasteiger partial charge >= 0.3 is 0 Å². The van der Waals surface area contributed by atoms with E-state index < -0.39 is 0 Å². The normalized spacial score (nSPS) is 34.0. The number of hydrogen-bond donors (Lipinski definition) is 1. The molecule has 5 rings (SSSR count). The molecule has 0 aliphatic heterocycles. The molecule has 2 nitrogen and oxygen atoms in total. The Morgan fingerprint density at radius 2 is 1.67 bits per heavy atom.